The highest BCUT2D eigenvalue weighted by Crippen LogP contribution is 2.16. The van der Waals surface area contributed by atoms with Crippen molar-refractivity contribution in [2.45, 2.75) is 32.2 Å². The number of carboxylic acid groups (broad SMARTS) is 1. The summed E-state index contributed by atoms with van der Waals surface area (Å²) in [4.78, 5) is 26.5. The molecule has 18 heavy (non-hydrogen) atoms. The summed E-state index contributed by atoms with van der Waals surface area (Å²) in [6.07, 6.45) is 3.60. The summed E-state index contributed by atoms with van der Waals surface area (Å²) in [7, 11) is 0. The fourth-order valence-corrected chi connectivity index (χ4v) is 1.45. The number of carbonyl (C=O) groups excluding carboxylic acids is 1. The third-order valence-corrected chi connectivity index (χ3v) is 2.96. The van der Waals surface area contributed by atoms with Gasteiger partial charge in [0.15, 0.2) is 0 Å². The molecule has 0 fully saturated rings. The minimum absolute atomic E-state index is 0.0171. The van der Waals surface area contributed by atoms with Crippen LogP contribution < -0.4 is 11.1 Å². The lowest BCUT2D eigenvalue weighted by Gasteiger charge is -2.25. The highest BCUT2D eigenvalue weighted by Gasteiger charge is 2.29. The van der Waals surface area contributed by atoms with E-state index in [0.29, 0.717) is 18.5 Å². The number of carboxylic acids is 1. The molecule has 0 unspecified atom stereocenters. The number of carbonyl (C=O) groups is 2. The van der Waals surface area contributed by atoms with E-state index in [-0.39, 0.29) is 11.5 Å². The van der Waals surface area contributed by atoms with E-state index >= 15 is 0 Å². The van der Waals surface area contributed by atoms with E-state index in [2.05, 4.69) is 10.3 Å². The van der Waals surface area contributed by atoms with Gasteiger partial charge in [-0.25, -0.2) is 4.79 Å². The summed E-state index contributed by atoms with van der Waals surface area (Å²) in [5, 5.41) is 11.4. The van der Waals surface area contributed by atoms with Crippen LogP contribution in [-0.4, -0.2) is 27.5 Å². The van der Waals surface area contributed by atoms with Gasteiger partial charge in [-0.15, -0.1) is 0 Å². The third-order valence-electron chi connectivity index (χ3n) is 2.96. The Bertz CT molecular complexity index is 456. The maximum absolute atomic E-state index is 12.0. The number of aromatic carboxylic acids is 1. The average molecular weight is 251 g/mol. The van der Waals surface area contributed by atoms with Crippen molar-refractivity contribution in [2.75, 3.05) is 5.32 Å². The fourth-order valence-electron chi connectivity index (χ4n) is 1.45. The van der Waals surface area contributed by atoms with Gasteiger partial charge in [0.25, 0.3) is 0 Å². The smallest absolute Gasteiger partial charge is 0.337 e. The Labute approximate surface area is 105 Å². The van der Waals surface area contributed by atoms with Gasteiger partial charge >= 0.3 is 5.97 Å². The van der Waals surface area contributed by atoms with E-state index in [1.807, 2.05) is 13.8 Å². The van der Waals surface area contributed by atoms with Gasteiger partial charge in [-0.3, -0.25) is 9.78 Å². The molecule has 0 radical (unpaired) electrons. The number of hydrogen-bond donors (Lipinski definition) is 3. The number of amides is 1. The first-order valence-corrected chi connectivity index (χ1v) is 5.71. The second-order valence-corrected chi connectivity index (χ2v) is 4.08. The van der Waals surface area contributed by atoms with Crippen LogP contribution in [0.25, 0.3) is 0 Å². The summed E-state index contributed by atoms with van der Waals surface area (Å²) in [6, 6.07) is 1.35. The van der Waals surface area contributed by atoms with Gasteiger partial charge in [-0.1, -0.05) is 13.8 Å². The highest BCUT2D eigenvalue weighted by molar-refractivity contribution is 5.98. The Kier molecular flexibility index (Phi) is 4.38. The number of aromatic nitrogens is 1. The van der Waals surface area contributed by atoms with Crippen molar-refractivity contribution in [3.63, 3.8) is 0 Å². The number of hydrogen-bond acceptors (Lipinski definition) is 4. The summed E-state index contributed by atoms with van der Waals surface area (Å²) < 4.78 is 0. The number of nitrogens with zero attached hydrogens (tertiary/aromatic N) is 1. The van der Waals surface area contributed by atoms with E-state index in [9.17, 15) is 9.59 Å². The Morgan fingerprint density at radius 2 is 2.00 bits per heavy atom. The summed E-state index contributed by atoms with van der Waals surface area (Å²) in [5.41, 5.74) is 5.34. The van der Waals surface area contributed by atoms with Crippen LogP contribution in [0.3, 0.4) is 0 Å². The van der Waals surface area contributed by atoms with E-state index < -0.39 is 11.5 Å². The fraction of sp³-hybridized carbons (Fsp3) is 0.417. The zero-order valence-corrected chi connectivity index (χ0v) is 10.4. The van der Waals surface area contributed by atoms with Crippen LogP contribution in [0.1, 0.15) is 37.0 Å². The van der Waals surface area contributed by atoms with E-state index in [0.717, 1.165) is 0 Å². The topological polar surface area (TPSA) is 105 Å². The second kappa shape index (κ2) is 5.59. The molecule has 0 aromatic carbocycles. The lowest BCUT2D eigenvalue weighted by atomic mass is 9.93. The normalized spacial score (nSPS) is 11.1. The molecule has 6 heteroatoms. The molecule has 98 valence electrons. The molecule has 1 rings (SSSR count). The number of rotatable bonds is 5. The van der Waals surface area contributed by atoms with Crippen LogP contribution in [0.5, 0.6) is 0 Å². The standard InChI is InChI=1S/C12H17N3O3/c1-3-12(13,4-2)11(18)15-9-5-8(10(16)17)6-14-7-9/h5-7H,3-4,13H2,1-2H3,(H,15,18)(H,16,17). The van der Waals surface area contributed by atoms with Crippen LogP contribution in [0.2, 0.25) is 0 Å². The van der Waals surface area contributed by atoms with Crippen LogP contribution >= 0.6 is 0 Å². The maximum atomic E-state index is 12.0. The zero-order valence-electron chi connectivity index (χ0n) is 10.4. The first kappa shape index (κ1) is 14.1. The number of nitrogens with two attached hydrogens (primary N) is 1. The van der Waals surface area contributed by atoms with Crippen molar-refractivity contribution in [2.24, 2.45) is 5.73 Å². The van der Waals surface area contributed by atoms with Gasteiger partial charge in [0.2, 0.25) is 5.91 Å². The molecule has 0 bridgehead atoms. The lowest BCUT2D eigenvalue weighted by molar-refractivity contribution is -0.121. The molecule has 4 N–H and O–H groups in total. The van der Waals surface area contributed by atoms with Gasteiger partial charge < -0.3 is 16.2 Å². The largest absolute Gasteiger partial charge is 0.478 e. The molecule has 0 atom stereocenters. The number of nitrogens with one attached hydrogen (secondary N) is 1. The quantitative estimate of drug-likeness (QED) is 0.730. The molecule has 0 aliphatic heterocycles. The number of anilines is 1. The molecule has 0 spiro atoms. The molecule has 1 amide bonds. The first-order chi connectivity index (χ1) is 8.42. The SMILES string of the molecule is CCC(N)(CC)C(=O)Nc1cncc(C(=O)O)c1. The van der Waals surface area contributed by atoms with Gasteiger partial charge in [0, 0.05) is 6.20 Å². The van der Waals surface area contributed by atoms with Gasteiger partial charge in [-0.05, 0) is 18.9 Å². The van der Waals surface area contributed by atoms with Crippen LogP contribution in [0.4, 0.5) is 5.69 Å². The first-order valence-electron chi connectivity index (χ1n) is 5.71. The molecule has 1 heterocycles. The molecule has 6 nitrogen and oxygen atoms in total. The highest BCUT2D eigenvalue weighted by atomic mass is 16.4. The summed E-state index contributed by atoms with van der Waals surface area (Å²) in [6.45, 7) is 3.66. The molecule has 0 aliphatic carbocycles. The molecule has 0 saturated heterocycles. The molecular formula is C12H17N3O3. The third kappa shape index (κ3) is 3.04. The maximum Gasteiger partial charge on any atom is 0.337 e. The summed E-state index contributed by atoms with van der Waals surface area (Å²) >= 11 is 0. The Hall–Kier alpha value is -1.95. The predicted octanol–water partition coefficient (Wildman–Crippen LogP) is 1.24. The predicted molar refractivity (Wildman–Crippen MR) is 67.3 cm³/mol. The van der Waals surface area contributed by atoms with Gasteiger partial charge in [-0.2, -0.15) is 0 Å². The molecular weight excluding hydrogens is 234 g/mol. The molecule has 1 aromatic heterocycles. The Morgan fingerprint density at radius 3 is 2.50 bits per heavy atom. The van der Waals surface area contributed by atoms with E-state index in [1.165, 1.54) is 18.5 Å². The van der Waals surface area contributed by atoms with E-state index in [1.54, 1.807) is 0 Å². The van der Waals surface area contributed by atoms with Gasteiger partial charge in [0.1, 0.15) is 0 Å². The minimum atomic E-state index is -1.09. The zero-order chi connectivity index (χ0) is 13.8. The van der Waals surface area contributed by atoms with Crippen LogP contribution in [0.15, 0.2) is 18.5 Å². The average Bonchev–Trinajstić information content (AvgIpc) is 2.38. The van der Waals surface area contributed by atoms with Crippen molar-refractivity contribution < 1.29 is 14.7 Å². The van der Waals surface area contributed by atoms with Crippen molar-refractivity contribution in [1.29, 1.82) is 0 Å². The number of pyridine rings is 1. The Morgan fingerprint density at radius 1 is 1.39 bits per heavy atom. The van der Waals surface area contributed by atoms with Crippen LogP contribution in [0, 0.1) is 0 Å². The van der Waals surface area contributed by atoms with Crippen molar-refractivity contribution >= 4 is 17.6 Å². The molecule has 0 saturated carbocycles. The van der Waals surface area contributed by atoms with Crippen molar-refractivity contribution in [3.8, 4) is 0 Å². The molecule has 1 aromatic rings. The second-order valence-electron chi connectivity index (χ2n) is 4.08. The lowest BCUT2D eigenvalue weighted by Crippen LogP contribution is -2.50. The van der Waals surface area contributed by atoms with Gasteiger partial charge in [0.05, 0.1) is 23.0 Å². The monoisotopic (exact) mass is 251 g/mol. The van der Waals surface area contributed by atoms with E-state index in [4.69, 9.17) is 10.8 Å². The Balaban J connectivity index is 2.88. The summed E-state index contributed by atoms with van der Waals surface area (Å²) in [5.74, 6) is -1.43. The molecule has 0 aliphatic rings. The van der Waals surface area contributed by atoms with Crippen LogP contribution in [-0.2, 0) is 4.79 Å². The van der Waals surface area contributed by atoms with Crippen molar-refractivity contribution in [3.05, 3.63) is 24.0 Å². The van der Waals surface area contributed by atoms with Crippen molar-refractivity contribution in [1.82, 2.24) is 4.98 Å². The minimum Gasteiger partial charge on any atom is -0.478 e.